The normalized spacial score (nSPS) is 19.8. The highest BCUT2D eigenvalue weighted by Gasteiger charge is 2.27. The Morgan fingerprint density at radius 2 is 1.89 bits per heavy atom. The second kappa shape index (κ2) is 5.06. The highest BCUT2D eigenvalue weighted by Crippen LogP contribution is 2.35. The number of hydrogen-bond donors (Lipinski definition) is 1. The lowest BCUT2D eigenvalue weighted by atomic mass is 9.85. The first-order valence-electron chi connectivity index (χ1n) is 7.41. The van der Waals surface area contributed by atoms with Crippen LogP contribution in [0.2, 0.25) is 0 Å². The zero-order valence-electron chi connectivity index (χ0n) is 13.0. The molecule has 1 fully saturated rings. The molecule has 0 saturated carbocycles. The average molecular weight is 264 g/mol. The van der Waals surface area contributed by atoms with Crippen LogP contribution >= 0.6 is 0 Å². The van der Waals surface area contributed by atoms with E-state index < -0.39 is 0 Å². The van der Waals surface area contributed by atoms with Gasteiger partial charge in [-0.2, -0.15) is 5.10 Å². The van der Waals surface area contributed by atoms with Crippen molar-refractivity contribution in [1.29, 1.82) is 0 Å². The molecule has 0 radical (unpaired) electrons. The Hall–Kier alpha value is -1.19. The van der Waals surface area contributed by atoms with E-state index in [1.807, 2.05) is 6.92 Å². The summed E-state index contributed by atoms with van der Waals surface area (Å²) in [5.74, 6) is 1.13. The minimum absolute atomic E-state index is 0.349. The molecule has 0 aromatic carbocycles. The highest BCUT2D eigenvalue weighted by molar-refractivity contribution is 5.66. The lowest BCUT2D eigenvalue weighted by molar-refractivity contribution is 0.325. The Kier molecular flexibility index (Phi) is 3.79. The fraction of sp³-hybridized carbons (Fsp3) is 0.800. The van der Waals surface area contributed by atoms with Crippen LogP contribution in [0.25, 0.3) is 0 Å². The Bertz CT molecular complexity index is 445. The smallest absolute Gasteiger partial charge is 0.150 e. The van der Waals surface area contributed by atoms with Crippen LogP contribution in [0.4, 0.5) is 11.5 Å². The van der Waals surface area contributed by atoms with Crippen molar-refractivity contribution in [2.45, 2.75) is 59.9 Å². The molecule has 0 atom stereocenters. The molecule has 108 valence electrons. The van der Waals surface area contributed by atoms with Crippen LogP contribution in [0.5, 0.6) is 0 Å². The molecule has 0 amide bonds. The molecule has 1 aromatic heterocycles. The van der Waals surface area contributed by atoms with Crippen LogP contribution in [0.3, 0.4) is 0 Å². The molecule has 1 aliphatic heterocycles. The minimum Gasteiger partial charge on any atom is -0.394 e. The Morgan fingerprint density at radius 3 is 2.53 bits per heavy atom. The number of nitrogens with two attached hydrogens (primary N) is 1. The lowest BCUT2D eigenvalue weighted by Crippen LogP contribution is -2.28. The molecular formula is C15H28N4. The van der Waals surface area contributed by atoms with Crippen molar-refractivity contribution in [1.82, 2.24) is 9.78 Å². The molecule has 0 unspecified atom stereocenters. The number of hydrogen-bond acceptors (Lipinski definition) is 3. The van der Waals surface area contributed by atoms with Crippen LogP contribution in [0.15, 0.2) is 0 Å². The van der Waals surface area contributed by atoms with Crippen LogP contribution in [-0.2, 0) is 0 Å². The van der Waals surface area contributed by atoms with Gasteiger partial charge < -0.3 is 10.6 Å². The van der Waals surface area contributed by atoms with E-state index in [0.29, 0.717) is 11.5 Å². The van der Waals surface area contributed by atoms with E-state index in [-0.39, 0.29) is 0 Å². The number of aromatic nitrogens is 2. The van der Waals surface area contributed by atoms with Gasteiger partial charge in [-0.3, -0.25) is 0 Å². The molecular weight excluding hydrogens is 236 g/mol. The average Bonchev–Trinajstić information content (AvgIpc) is 2.50. The Balaban J connectivity index is 2.31. The van der Waals surface area contributed by atoms with Crippen molar-refractivity contribution in [2.75, 3.05) is 23.7 Å². The molecule has 4 nitrogen and oxygen atoms in total. The van der Waals surface area contributed by atoms with Crippen LogP contribution in [0, 0.1) is 12.3 Å². The maximum absolute atomic E-state index is 6.27. The second-order valence-electron chi connectivity index (χ2n) is 6.87. The lowest BCUT2D eigenvalue weighted by Gasteiger charge is -2.26. The molecule has 2 rings (SSSR count). The van der Waals surface area contributed by atoms with E-state index in [2.05, 4.69) is 42.4 Å². The summed E-state index contributed by atoms with van der Waals surface area (Å²) in [6.07, 6.45) is 3.74. The topological polar surface area (TPSA) is 47.1 Å². The molecule has 19 heavy (non-hydrogen) atoms. The molecule has 1 aliphatic rings. The number of nitrogens with zero attached hydrogens (tertiary/aromatic N) is 3. The van der Waals surface area contributed by atoms with Gasteiger partial charge in [0.05, 0.1) is 11.4 Å². The van der Waals surface area contributed by atoms with Crippen molar-refractivity contribution < 1.29 is 0 Å². The quantitative estimate of drug-likeness (QED) is 0.891. The SMILES string of the molecule is Cc1nn(C(C)C)c(N2CCCC(C)(C)CC2)c1N. The molecule has 1 aromatic rings. The maximum Gasteiger partial charge on any atom is 0.150 e. The van der Waals surface area contributed by atoms with Gasteiger partial charge in [0.15, 0.2) is 5.82 Å². The number of nitrogen functional groups attached to an aromatic ring is 1. The fourth-order valence-electron chi connectivity index (χ4n) is 2.86. The van der Waals surface area contributed by atoms with Crippen molar-refractivity contribution in [3.8, 4) is 0 Å². The van der Waals surface area contributed by atoms with E-state index in [0.717, 1.165) is 30.3 Å². The fourth-order valence-corrected chi connectivity index (χ4v) is 2.86. The third-order valence-electron chi connectivity index (χ3n) is 4.23. The monoisotopic (exact) mass is 264 g/mol. The Morgan fingerprint density at radius 1 is 1.21 bits per heavy atom. The summed E-state index contributed by atoms with van der Waals surface area (Å²) in [5.41, 5.74) is 8.52. The highest BCUT2D eigenvalue weighted by atomic mass is 15.4. The number of rotatable bonds is 2. The van der Waals surface area contributed by atoms with Gasteiger partial charge >= 0.3 is 0 Å². The first-order chi connectivity index (χ1) is 8.82. The summed E-state index contributed by atoms with van der Waals surface area (Å²) >= 11 is 0. The molecule has 1 saturated heterocycles. The summed E-state index contributed by atoms with van der Waals surface area (Å²) in [4.78, 5) is 2.43. The van der Waals surface area contributed by atoms with Crippen LogP contribution in [-0.4, -0.2) is 22.9 Å². The predicted octanol–water partition coefficient (Wildman–Crippen LogP) is 3.37. The molecule has 2 heterocycles. The Labute approximate surface area is 117 Å². The second-order valence-corrected chi connectivity index (χ2v) is 6.87. The molecule has 0 bridgehead atoms. The van der Waals surface area contributed by atoms with E-state index in [1.165, 1.54) is 19.3 Å². The van der Waals surface area contributed by atoms with Crippen LogP contribution < -0.4 is 10.6 Å². The largest absolute Gasteiger partial charge is 0.394 e. The molecule has 2 N–H and O–H groups in total. The standard InChI is InChI=1S/C15H28N4/c1-11(2)19-14(13(16)12(3)17-19)18-9-6-7-15(4,5)8-10-18/h11H,6-10,16H2,1-5H3. The number of aryl methyl sites for hydroxylation is 1. The van der Waals surface area contributed by atoms with Crippen molar-refractivity contribution >= 4 is 11.5 Å². The van der Waals surface area contributed by atoms with E-state index in [4.69, 9.17) is 5.73 Å². The van der Waals surface area contributed by atoms with Gasteiger partial charge in [-0.25, -0.2) is 4.68 Å². The van der Waals surface area contributed by atoms with Crippen molar-refractivity contribution in [2.24, 2.45) is 5.41 Å². The molecule has 0 spiro atoms. The first kappa shape index (κ1) is 14.2. The van der Waals surface area contributed by atoms with Gasteiger partial charge in [0.2, 0.25) is 0 Å². The van der Waals surface area contributed by atoms with Gasteiger partial charge in [0.1, 0.15) is 0 Å². The van der Waals surface area contributed by atoms with Gasteiger partial charge in [0, 0.05) is 19.1 Å². The predicted molar refractivity (Wildman–Crippen MR) is 81.6 cm³/mol. The summed E-state index contributed by atoms with van der Waals surface area (Å²) in [5, 5.41) is 4.60. The van der Waals surface area contributed by atoms with Gasteiger partial charge in [-0.15, -0.1) is 0 Å². The number of anilines is 2. The van der Waals surface area contributed by atoms with Gasteiger partial charge in [0.25, 0.3) is 0 Å². The zero-order chi connectivity index (χ0) is 14.2. The summed E-state index contributed by atoms with van der Waals surface area (Å²) in [6, 6.07) is 0.349. The summed E-state index contributed by atoms with van der Waals surface area (Å²) in [7, 11) is 0. The van der Waals surface area contributed by atoms with E-state index >= 15 is 0 Å². The van der Waals surface area contributed by atoms with Crippen molar-refractivity contribution in [3.63, 3.8) is 0 Å². The van der Waals surface area contributed by atoms with Crippen LogP contribution in [0.1, 0.15) is 58.7 Å². The third kappa shape index (κ3) is 2.88. The van der Waals surface area contributed by atoms with Crippen molar-refractivity contribution in [3.05, 3.63) is 5.69 Å². The molecule has 0 aliphatic carbocycles. The van der Waals surface area contributed by atoms with E-state index in [1.54, 1.807) is 0 Å². The first-order valence-corrected chi connectivity index (χ1v) is 7.41. The summed E-state index contributed by atoms with van der Waals surface area (Å²) in [6.45, 7) is 13.2. The zero-order valence-corrected chi connectivity index (χ0v) is 13.0. The van der Waals surface area contributed by atoms with Gasteiger partial charge in [-0.05, 0) is 45.4 Å². The maximum atomic E-state index is 6.27. The molecule has 4 heteroatoms. The minimum atomic E-state index is 0.349. The van der Waals surface area contributed by atoms with Gasteiger partial charge in [-0.1, -0.05) is 13.8 Å². The summed E-state index contributed by atoms with van der Waals surface area (Å²) < 4.78 is 2.09. The van der Waals surface area contributed by atoms with E-state index in [9.17, 15) is 0 Å². The third-order valence-corrected chi connectivity index (χ3v) is 4.23.